The van der Waals surface area contributed by atoms with E-state index in [1.165, 1.54) is 11.1 Å². The molecule has 0 saturated carbocycles. The fourth-order valence-corrected chi connectivity index (χ4v) is 2.00. The molecule has 106 valence electrons. The van der Waals surface area contributed by atoms with Crippen LogP contribution in [0.2, 0.25) is 0 Å². The molecular formula is C17H27NO. The van der Waals surface area contributed by atoms with E-state index in [4.69, 9.17) is 4.74 Å². The van der Waals surface area contributed by atoms with E-state index >= 15 is 0 Å². The summed E-state index contributed by atoms with van der Waals surface area (Å²) < 4.78 is 4.98. The van der Waals surface area contributed by atoms with Crippen LogP contribution in [0.4, 0.5) is 0 Å². The van der Waals surface area contributed by atoms with Crippen molar-refractivity contribution in [2.45, 2.75) is 26.7 Å². The summed E-state index contributed by atoms with van der Waals surface area (Å²) in [5, 5.41) is 3.33. The highest BCUT2D eigenvalue weighted by atomic mass is 16.5. The third-order valence-corrected chi connectivity index (χ3v) is 2.88. The highest BCUT2D eigenvalue weighted by molar-refractivity contribution is 5.50. The van der Waals surface area contributed by atoms with Gasteiger partial charge in [-0.15, -0.1) is 0 Å². The second-order valence-electron chi connectivity index (χ2n) is 5.28. The van der Waals surface area contributed by atoms with Gasteiger partial charge in [-0.2, -0.15) is 0 Å². The van der Waals surface area contributed by atoms with Crippen molar-refractivity contribution in [3.63, 3.8) is 0 Å². The van der Waals surface area contributed by atoms with Gasteiger partial charge in [0.25, 0.3) is 0 Å². The van der Waals surface area contributed by atoms with Gasteiger partial charge in [0.1, 0.15) is 0 Å². The van der Waals surface area contributed by atoms with Gasteiger partial charge in [0, 0.05) is 13.7 Å². The van der Waals surface area contributed by atoms with Crippen molar-refractivity contribution in [1.82, 2.24) is 5.32 Å². The molecule has 1 aromatic rings. The van der Waals surface area contributed by atoms with Gasteiger partial charge in [0.2, 0.25) is 0 Å². The van der Waals surface area contributed by atoms with Crippen LogP contribution in [0.3, 0.4) is 0 Å². The van der Waals surface area contributed by atoms with Crippen LogP contribution in [-0.4, -0.2) is 26.8 Å². The molecule has 1 N–H and O–H groups in total. The molecule has 0 aliphatic rings. The summed E-state index contributed by atoms with van der Waals surface area (Å²) in [5.41, 5.74) is 2.73. The molecule has 0 aliphatic heterocycles. The Bertz CT molecular complexity index is 371. The zero-order chi connectivity index (χ0) is 13.9. The maximum Gasteiger partial charge on any atom is 0.0587 e. The second kappa shape index (κ2) is 9.76. The minimum absolute atomic E-state index is 0.712. The summed E-state index contributed by atoms with van der Waals surface area (Å²) >= 11 is 0. The minimum Gasteiger partial charge on any atom is -0.383 e. The fourth-order valence-electron chi connectivity index (χ4n) is 2.00. The lowest BCUT2D eigenvalue weighted by atomic mass is 10.0. The number of methoxy groups -OCH3 is 1. The third-order valence-electron chi connectivity index (χ3n) is 2.88. The van der Waals surface area contributed by atoms with Gasteiger partial charge in [-0.1, -0.05) is 50.3 Å². The summed E-state index contributed by atoms with van der Waals surface area (Å²) in [6, 6.07) is 8.81. The molecule has 0 bridgehead atoms. The van der Waals surface area contributed by atoms with E-state index < -0.39 is 0 Å². The maximum atomic E-state index is 4.98. The van der Waals surface area contributed by atoms with Gasteiger partial charge < -0.3 is 10.1 Å². The summed E-state index contributed by atoms with van der Waals surface area (Å²) in [6.45, 7) is 7.23. The molecule has 0 amide bonds. The van der Waals surface area contributed by atoms with Crippen LogP contribution in [0.25, 0.3) is 6.08 Å². The lowest BCUT2D eigenvalue weighted by Gasteiger charge is -2.05. The van der Waals surface area contributed by atoms with Crippen LogP contribution in [0.15, 0.2) is 30.3 Å². The number of ether oxygens (including phenoxy) is 1. The first-order valence-electron chi connectivity index (χ1n) is 7.17. The number of rotatable bonds is 9. The molecule has 1 aromatic carbocycles. The molecule has 0 unspecified atom stereocenters. The number of hydrogen-bond acceptors (Lipinski definition) is 2. The largest absolute Gasteiger partial charge is 0.383 e. The van der Waals surface area contributed by atoms with Crippen LogP contribution >= 0.6 is 0 Å². The molecular weight excluding hydrogens is 234 g/mol. The van der Waals surface area contributed by atoms with Crippen molar-refractivity contribution in [3.8, 4) is 0 Å². The Labute approximate surface area is 117 Å². The molecule has 0 radical (unpaired) electrons. The molecule has 0 spiro atoms. The molecule has 0 aliphatic carbocycles. The van der Waals surface area contributed by atoms with E-state index in [2.05, 4.69) is 55.6 Å². The van der Waals surface area contributed by atoms with Gasteiger partial charge in [0.05, 0.1) is 6.61 Å². The van der Waals surface area contributed by atoms with Gasteiger partial charge in [-0.25, -0.2) is 0 Å². The smallest absolute Gasteiger partial charge is 0.0587 e. The quantitative estimate of drug-likeness (QED) is 0.687. The van der Waals surface area contributed by atoms with Crippen LogP contribution < -0.4 is 5.32 Å². The first-order chi connectivity index (χ1) is 9.22. The summed E-state index contributed by atoms with van der Waals surface area (Å²) in [4.78, 5) is 0. The number of benzene rings is 1. The Hall–Kier alpha value is -1.12. The Kier molecular flexibility index (Phi) is 8.19. The molecule has 19 heavy (non-hydrogen) atoms. The third kappa shape index (κ3) is 7.81. The van der Waals surface area contributed by atoms with Crippen LogP contribution in [0.5, 0.6) is 0 Å². The van der Waals surface area contributed by atoms with Crippen molar-refractivity contribution in [2.24, 2.45) is 5.92 Å². The summed E-state index contributed by atoms with van der Waals surface area (Å²) in [7, 11) is 1.73. The van der Waals surface area contributed by atoms with Crippen molar-refractivity contribution in [2.75, 3.05) is 26.8 Å². The normalized spacial score (nSPS) is 11.6. The van der Waals surface area contributed by atoms with E-state index in [1.807, 2.05) is 0 Å². The molecule has 1 rings (SSSR count). The highest BCUT2D eigenvalue weighted by Crippen LogP contribution is 2.11. The predicted molar refractivity (Wildman–Crippen MR) is 83.4 cm³/mol. The van der Waals surface area contributed by atoms with Crippen molar-refractivity contribution in [1.29, 1.82) is 0 Å². The molecule has 0 aromatic heterocycles. The van der Waals surface area contributed by atoms with Crippen LogP contribution in [0.1, 0.15) is 31.4 Å². The molecule has 0 fully saturated rings. The van der Waals surface area contributed by atoms with E-state index in [9.17, 15) is 0 Å². The Morgan fingerprint density at radius 3 is 2.84 bits per heavy atom. The lowest BCUT2D eigenvalue weighted by molar-refractivity contribution is 0.199. The van der Waals surface area contributed by atoms with Crippen molar-refractivity contribution in [3.05, 3.63) is 41.5 Å². The SMILES string of the molecule is COCCNCC/C=C/c1cccc(CC(C)C)c1. The van der Waals surface area contributed by atoms with E-state index in [0.29, 0.717) is 5.92 Å². The first kappa shape index (κ1) is 15.9. The number of hydrogen-bond donors (Lipinski definition) is 1. The Morgan fingerprint density at radius 1 is 1.26 bits per heavy atom. The highest BCUT2D eigenvalue weighted by Gasteiger charge is 1.97. The van der Waals surface area contributed by atoms with Gasteiger partial charge >= 0.3 is 0 Å². The predicted octanol–water partition coefficient (Wildman–Crippen LogP) is 3.52. The van der Waals surface area contributed by atoms with Gasteiger partial charge in [-0.3, -0.25) is 0 Å². The van der Waals surface area contributed by atoms with Crippen molar-refractivity contribution >= 4 is 6.08 Å². The fraction of sp³-hybridized carbons (Fsp3) is 0.529. The lowest BCUT2D eigenvalue weighted by Crippen LogP contribution is -2.19. The van der Waals surface area contributed by atoms with Gasteiger partial charge in [0.15, 0.2) is 0 Å². The van der Waals surface area contributed by atoms with E-state index in [0.717, 1.165) is 32.5 Å². The molecule has 0 atom stereocenters. The van der Waals surface area contributed by atoms with Crippen molar-refractivity contribution < 1.29 is 4.74 Å². The van der Waals surface area contributed by atoms with Gasteiger partial charge in [-0.05, 0) is 36.4 Å². The zero-order valence-corrected chi connectivity index (χ0v) is 12.5. The minimum atomic E-state index is 0.712. The van der Waals surface area contributed by atoms with E-state index in [-0.39, 0.29) is 0 Å². The first-order valence-corrected chi connectivity index (χ1v) is 7.17. The molecule has 0 heterocycles. The second-order valence-corrected chi connectivity index (χ2v) is 5.28. The van der Waals surface area contributed by atoms with Crippen LogP contribution in [0, 0.1) is 5.92 Å². The summed E-state index contributed by atoms with van der Waals surface area (Å²) in [5.74, 6) is 0.712. The number of nitrogens with one attached hydrogen (secondary N) is 1. The summed E-state index contributed by atoms with van der Waals surface area (Å²) in [6.07, 6.45) is 6.65. The Balaban J connectivity index is 2.31. The molecule has 2 nitrogen and oxygen atoms in total. The average Bonchev–Trinajstić information content (AvgIpc) is 2.37. The molecule has 0 saturated heterocycles. The zero-order valence-electron chi connectivity index (χ0n) is 12.5. The standard InChI is InChI=1S/C17H27NO/c1-15(2)13-17-9-6-8-16(14-17)7-4-5-10-18-11-12-19-3/h4,6-9,14-15,18H,5,10-13H2,1-3H3/b7-4+. The maximum absolute atomic E-state index is 4.98. The average molecular weight is 261 g/mol. The van der Waals surface area contributed by atoms with Crippen LogP contribution in [-0.2, 0) is 11.2 Å². The Morgan fingerprint density at radius 2 is 2.11 bits per heavy atom. The topological polar surface area (TPSA) is 21.3 Å². The molecule has 2 heteroatoms. The van der Waals surface area contributed by atoms with E-state index in [1.54, 1.807) is 7.11 Å². The monoisotopic (exact) mass is 261 g/mol.